The lowest BCUT2D eigenvalue weighted by molar-refractivity contribution is 0.102. The lowest BCUT2D eigenvalue weighted by atomic mass is 9.90. The minimum atomic E-state index is -3.30. The van der Waals surface area contributed by atoms with Crippen LogP contribution in [0.3, 0.4) is 0 Å². The third-order valence-electron chi connectivity index (χ3n) is 5.93. The largest absolute Gasteiger partial charge is 0.410 e. The number of hydrogen-bond donors (Lipinski definition) is 0. The Hall–Kier alpha value is -2.17. The molecule has 32 heavy (non-hydrogen) atoms. The van der Waals surface area contributed by atoms with E-state index < -0.39 is 10.0 Å². The molecule has 0 saturated carbocycles. The smallest absolute Gasteiger partial charge is 0.277 e. The fourth-order valence-corrected chi connectivity index (χ4v) is 7.02. The summed E-state index contributed by atoms with van der Waals surface area (Å²) in [6, 6.07) is 7.35. The number of thiophene rings is 1. The first-order valence-electron chi connectivity index (χ1n) is 10.5. The molecule has 0 radical (unpaired) electrons. The number of anilines is 1. The molecule has 1 aliphatic heterocycles. The van der Waals surface area contributed by atoms with Crippen LogP contribution in [0.25, 0.3) is 10.8 Å². The molecule has 168 valence electrons. The molecular formula is C22H23N3O4S3. The highest BCUT2D eigenvalue weighted by atomic mass is 32.2. The minimum absolute atomic E-state index is 0.0593. The summed E-state index contributed by atoms with van der Waals surface area (Å²) in [5.41, 5.74) is 3.48. The Bertz CT molecular complexity index is 1300. The molecule has 1 aromatic carbocycles. The zero-order chi connectivity index (χ0) is 22.5. The van der Waals surface area contributed by atoms with Crippen molar-refractivity contribution in [2.45, 2.75) is 37.8 Å². The molecular weight excluding hydrogens is 466 g/mol. The number of fused-ring (bicyclic) bond motifs is 2. The molecule has 0 amide bonds. The van der Waals surface area contributed by atoms with Crippen LogP contribution in [0.5, 0.6) is 0 Å². The SMILES string of the molecule is CC1CCc2sc(-c3nnc(SCC(=O)c4ccc5c(c4)CCN5S(C)(=O)=O)o3)cc2C1. The zero-order valence-electron chi connectivity index (χ0n) is 17.8. The number of sulfonamides is 1. The topological polar surface area (TPSA) is 93.4 Å². The van der Waals surface area contributed by atoms with E-state index in [0.717, 1.165) is 23.3 Å². The zero-order valence-corrected chi connectivity index (χ0v) is 20.3. The molecule has 0 fully saturated rings. The standard InChI is InChI=1S/C22H23N3O4S3/c1-13-3-6-19-16(9-13)11-20(31-19)21-23-24-22(29-21)30-12-18(26)15-4-5-17-14(10-15)7-8-25(17)32(2,27)28/h4-5,10-11,13H,3,6-9,12H2,1-2H3. The van der Waals surface area contributed by atoms with E-state index >= 15 is 0 Å². The fraction of sp³-hybridized carbons (Fsp3) is 0.409. The van der Waals surface area contributed by atoms with Crippen LogP contribution >= 0.6 is 23.1 Å². The number of rotatable bonds is 6. The Labute approximate surface area is 195 Å². The molecule has 10 heteroatoms. The Balaban J connectivity index is 1.25. The third-order valence-corrected chi connectivity index (χ3v) is 9.15. The number of benzene rings is 1. The van der Waals surface area contributed by atoms with Crippen LogP contribution < -0.4 is 4.31 Å². The maximum atomic E-state index is 12.7. The van der Waals surface area contributed by atoms with Gasteiger partial charge in [-0.1, -0.05) is 18.7 Å². The molecule has 1 unspecified atom stereocenters. The Morgan fingerprint density at radius 1 is 1.25 bits per heavy atom. The highest BCUT2D eigenvalue weighted by Crippen LogP contribution is 2.37. The molecule has 2 aromatic heterocycles. The molecule has 2 aliphatic rings. The van der Waals surface area contributed by atoms with Gasteiger partial charge in [-0.3, -0.25) is 9.10 Å². The van der Waals surface area contributed by atoms with E-state index in [0.29, 0.717) is 41.2 Å². The highest BCUT2D eigenvalue weighted by Gasteiger charge is 2.27. The number of ketones is 1. The second kappa shape index (κ2) is 8.31. The average molecular weight is 490 g/mol. The van der Waals surface area contributed by atoms with Crippen LogP contribution in [0.1, 0.15) is 39.7 Å². The van der Waals surface area contributed by atoms with E-state index in [2.05, 4.69) is 23.2 Å². The summed E-state index contributed by atoms with van der Waals surface area (Å²) in [5.74, 6) is 1.33. The van der Waals surface area contributed by atoms with Crippen LogP contribution in [0.15, 0.2) is 33.9 Å². The second-order valence-corrected chi connectivity index (χ2v) is 12.4. The average Bonchev–Trinajstić information content (AvgIpc) is 3.47. The van der Waals surface area contributed by atoms with Crippen molar-refractivity contribution in [1.29, 1.82) is 0 Å². The third kappa shape index (κ3) is 4.23. The van der Waals surface area contributed by atoms with E-state index in [1.807, 2.05) is 0 Å². The van der Waals surface area contributed by atoms with Crippen molar-refractivity contribution >= 4 is 44.6 Å². The molecule has 7 nitrogen and oxygen atoms in total. The molecule has 5 rings (SSSR count). The number of nitrogens with zero attached hydrogens (tertiary/aromatic N) is 3. The van der Waals surface area contributed by atoms with Gasteiger partial charge < -0.3 is 4.42 Å². The molecule has 0 spiro atoms. The van der Waals surface area contributed by atoms with Gasteiger partial charge in [0.25, 0.3) is 11.1 Å². The highest BCUT2D eigenvalue weighted by molar-refractivity contribution is 7.99. The van der Waals surface area contributed by atoms with Crippen LogP contribution in [0.2, 0.25) is 0 Å². The summed E-state index contributed by atoms with van der Waals surface area (Å²) in [6.07, 6.45) is 5.22. The number of Topliss-reactive ketones (excluding diaryl/α,β-unsaturated/α-hetero) is 1. The van der Waals surface area contributed by atoms with Gasteiger partial charge in [-0.25, -0.2) is 8.42 Å². The quantitative estimate of drug-likeness (QED) is 0.378. The van der Waals surface area contributed by atoms with Crippen molar-refractivity contribution in [3.05, 3.63) is 45.8 Å². The predicted molar refractivity (Wildman–Crippen MR) is 126 cm³/mol. The fourth-order valence-electron chi connectivity index (χ4n) is 4.28. The van der Waals surface area contributed by atoms with Gasteiger partial charge in [0.1, 0.15) is 0 Å². The first kappa shape index (κ1) is 21.7. The summed E-state index contributed by atoms with van der Waals surface area (Å²) >= 11 is 2.94. The second-order valence-electron chi connectivity index (χ2n) is 8.42. The maximum Gasteiger partial charge on any atom is 0.277 e. The molecule has 3 aromatic rings. The van der Waals surface area contributed by atoms with Crippen LogP contribution in [0.4, 0.5) is 5.69 Å². The van der Waals surface area contributed by atoms with E-state index in [1.54, 1.807) is 29.5 Å². The maximum absolute atomic E-state index is 12.7. The Morgan fingerprint density at radius 2 is 2.09 bits per heavy atom. The number of carbonyl (C=O) groups is 1. The van der Waals surface area contributed by atoms with Crippen molar-refractivity contribution in [2.24, 2.45) is 5.92 Å². The molecule has 1 aliphatic carbocycles. The number of aromatic nitrogens is 2. The van der Waals surface area contributed by atoms with Gasteiger partial charge in [0.2, 0.25) is 10.0 Å². The molecule has 1 atom stereocenters. The van der Waals surface area contributed by atoms with E-state index in [4.69, 9.17) is 4.42 Å². The van der Waals surface area contributed by atoms with Gasteiger partial charge in [-0.05, 0) is 67.0 Å². The van der Waals surface area contributed by atoms with E-state index in [-0.39, 0.29) is 11.5 Å². The van der Waals surface area contributed by atoms with Gasteiger partial charge >= 0.3 is 0 Å². The first-order chi connectivity index (χ1) is 15.3. The molecule has 3 heterocycles. The van der Waals surface area contributed by atoms with Crippen LogP contribution in [0, 0.1) is 5.92 Å². The van der Waals surface area contributed by atoms with Crippen molar-refractivity contribution in [3.63, 3.8) is 0 Å². The van der Waals surface area contributed by atoms with E-state index in [1.165, 1.54) is 39.2 Å². The number of aryl methyl sites for hydroxylation is 1. The Morgan fingerprint density at radius 3 is 2.91 bits per heavy atom. The van der Waals surface area contributed by atoms with Gasteiger partial charge in [0, 0.05) is 17.0 Å². The normalized spacial score (nSPS) is 17.9. The van der Waals surface area contributed by atoms with Crippen molar-refractivity contribution in [1.82, 2.24) is 10.2 Å². The lowest BCUT2D eigenvalue weighted by Crippen LogP contribution is -2.27. The van der Waals surface area contributed by atoms with Crippen molar-refractivity contribution in [3.8, 4) is 10.8 Å². The summed E-state index contributed by atoms with van der Waals surface area (Å²) < 4.78 is 31.0. The number of thioether (sulfide) groups is 1. The monoisotopic (exact) mass is 489 g/mol. The van der Waals surface area contributed by atoms with Crippen LogP contribution in [-0.4, -0.2) is 43.0 Å². The van der Waals surface area contributed by atoms with E-state index in [9.17, 15) is 13.2 Å². The predicted octanol–water partition coefficient (Wildman–Crippen LogP) is 4.22. The lowest BCUT2D eigenvalue weighted by Gasteiger charge is -2.16. The summed E-state index contributed by atoms with van der Waals surface area (Å²) in [6.45, 7) is 2.69. The molecule has 0 bridgehead atoms. The Kier molecular flexibility index (Phi) is 5.63. The molecule has 0 N–H and O–H groups in total. The summed E-state index contributed by atoms with van der Waals surface area (Å²) in [5, 5.41) is 8.65. The van der Waals surface area contributed by atoms with Crippen molar-refractivity contribution < 1.29 is 17.6 Å². The minimum Gasteiger partial charge on any atom is -0.410 e. The van der Waals surface area contributed by atoms with Gasteiger partial charge in [0.05, 0.1) is 22.6 Å². The number of hydrogen-bond acceptors (Lipinski definition) is 8. The number of carbonyl (C=O) groups excluding carboxylic acids is 1. The van der Waals surface area contributed by atoms with Gasteiger partial charge in [-0.2, -0.15) is 0 Å². The molecule has 0 saturated heterocycles. The van der Waals surface area contributed by atoms with Gasteiger partial charge in [-0.15, -0.1) is 21.5 Å². The first-order valence-corrected chi connectivity index (χ1v) is 14.1. The van der Waals surface area contributed by atoms with Crippen molar-refractivity contribution in [2.75, 3.05) is 22.9 Å². The summed E-state index contributed by atoms with van der Waals surface area (Å²) in [7, 11) is -3.30. The van der Waals surface area contributed by atoms with Gasteiger partial charge in [0.15, 0.2) is 5.78 Å². The van der Waals surface area contributed by atoms with Crippen LogP contribution in [-0.2, 0) is 29.3 Å². The summed E-state index contributed by atoms with van der Waals surface area (Å²) in [4.78, 5) is 15.1.